The third-order valence-corrected chi connectivity index (χ3v) is 3.05. The smallest absolute Gasteiger partial charge is 0.335 e. The summed E-state index contributed by atoms with van der Waals surface area (Å²) in [6.45, 7) is 4.83. The van der Waals surface area contributed by atoms with E-state index >= 15 is 0 Å². The summed E-state index contributed by atoms with van der Waals surface area (Å²) in [6.07, 6.45) is 0. The second-order valence-electron chi connectivity index (χ2n) is 5.47. The lowest BCUT2D eigenvalue weighted by Gasteiger charge is -2.25. The molecule has 0 fully saturated rings. The molecular formula is C15H22N2O3. The first-order chi connectivity index (χ1) is 9.31. The van der Waals surface area contributed by atoms with Crippen molar-refractivity contribution >= 4 is 11.9 Å². The van der Waals surface area contributed by atoms with Crippen LogP contribution in [-0.4, -0.2) is 48.6 Å². The van der Waals surface area contributed by atoms with Crippen molar-refractivity contribution in [1.29, 1.82) is 0 Å². The van der Waals surface area contributed by atoms with Crippen LogP contribution in [0.25, 0.3) is 0 Å². The highest BCUT2D eigenvalue weighted by atomic mass is 16.4. The van der Waals surface area contributed by atoms with E-state index < -0.39 is 5.97 Å². The number of hydrogen-bond donors (Lipinski definition) is 2. The Kier molecular flexibility index (Phi) is 5.70. The van der Waals surface area contributed by atoms with Crippen LogP contribution in [0.3, 0.4) is 0 Å². The average molecular weight is 278 g/mol. The summed E-state index contributed by atoms with van der Waals surface area (Å²) in [4.78, 5) is 25.1. The van der Waals surface area contributed by atoms with Crippen LogP contribution in [0.5, 0.6) is 0 Å². The molecule has 1 unspecified atom stereocenters. The molecule has 0 aliphatic heterocycles. The Morgan fingerprint density at radius 2 is 1.85 bits per heavy atom. The van der Waals surface area contributed by atoms with Crippen molar-refractivity contribution in [2.24, 2.45) is 5.92 Å². The molecule has 110 valence electrons. The summed E-state index contributed by atoms with van der Waals surface area (Å²) < 4.78 is 0. The van der Waals surface area contributed by atoms with Crippen LogP contribution < -0.4 is 5.32 Å². The largest absolute Gasteiger partial charge is 0.478 e. The van der Waals surface area contributed by atoms with Gasteiger partial charge in [-0.15, -0.1) is 0 Å². The summed E-state index contributed by atoms with van der Waals surface area (Å²) in [5.41, 5.74) is 0.487. The molecule has 5 nitrogen and oxygen atoms in total. The Balaban J connectivity index is 2.83. The van der Waals surface area contributed by atoms with E-state index in [9.17, 15) is 9.59 Å². The summed E-state index contributed by atoms with van der Waals surface area (Å²) in [6, 6.07) is 6.08. The fourth-order valence-corrected chi connectivity index (χ4v) is 1.86. The van der Waals surface area contributed by atoms with Gasteiger partial charge in [0.1, 0.15) is 0 Å². The molecule has 0 aliphatic carbocycles. The van der Waals surface area contributed by atoms with Crippen LogP contribution in [0.1, 0.15) is 34.6 Å². The first kappa shape index (κ1) is 16.2. The minimum atomic E-state index is -1.03. The molecule has 0 aliphatic rings. The van der Waals surface area contributed by atoms with Crippen molar-refractivity contribution in [3.05, 3.63) is 35.4 Å². The third kappa shape index (κ3) is 4.66. The van der Waals surface area contributed by atoms with Gasteiger partial charge in [-0.1, -0.05) is 19.9 Å². The maximum atomic E-state index is 12.2. The number of carboxylic acids is 1. The molecule has 1 aromatic carbocycles. The van der Waals surface area contributed by atoms with Crippen molar-refractivity contribution in [2.45, 2.75) is 19.9 Å². The lowest BCUT2D eigenvalue weighted by molar-refractivity contribution is 0.0697. The number of carboxylic acid groups (broad SMARTS) is 1. The van der Waals surface area contributed by atoms with Gasteiger partial charge in [0.25, 0.3) is 5.91 Å². The Hall–Kier alpha value is -1.88. The number of likely N-dealkylation sites (N-methyl/N-ethyl adjacent to an activating group) is 1. The highest BCUT2D eigenvalue weighted by Crippen LogP contribution is 2.08. The Bertz CT molecular complexity index is 484. The van der Waals surface area contributed by atoms with Gasteiger partial charge >= 0.3 is 5.97 Å². The van der Waals surface area contributed by atoms with E-state index in [-0.39, 0.29) is 17.5 Å². The van der Waals surface area contributed by atoms with Gasteiger partial charge in [-0.25, -0.2) is 4.79 Å². The number of benzene rings is 1. The Morgan fingerprint density at radius 3 is 2.35 bits per heavy atom. The minimum Gasteiger partial charge on any atom is -0.478 e. The van der Waals surface area contributed by atoms with Gasteiger partial charge in [0.15, 0.2) is 0 Å². The number of rotatable bonds is 6. The van der Waals surface area contributed by atoms with E-state index in [0.29, 0.717) is 11.5 Å². The number of aromatic carboxylic acids is 1. The molecule has 0 aromatic heterocycles. The van der Waals surface area contributed by atoms with Gasteiger partial charge in [-0.2, -0.15) is 0 Å². The van der Waals surface area contributed by atoms with E-state index in [0.717, 1.165) is 6.54 Å². The third-order valence-electron chi connectivity index (χ3n) is 3.05. The lowest BCUT2D eigenvalue weighted by Crippen LogP contribution is -2.45. The lowest BCUT2D eigenvalue weighted by atomic mass is 10.0. The second-order valence-corrected chi connectivity index (χ2v) is 5.47. The van der Waals surface area contributed by atoms with Gasteiger partial charge in [0.2, 0.25) is 0 Å². The summed E-state index contributed by atoms with van der Waals surface area (Å²) in [5.74, 6) is -0.981. The van der Waals surface area contributed by atoms with E-state index in [2.05, 4.69) is 5.32 Å². The predicted octanol–water partition coefficient (Wildman–Crippen LogP) is 1.70. The summed E-state index contributed by atoms with van der Waals surface area (Å²) in [7, 11) is 3.90. The highest BCUT2D eigenvalue weighted by Gasteiger charge is 2.18. The maximum Gasteiger partial charge on any atom is 0.335 e. The van der Waals surface area contributed by atoms with Crippen LogP contribution in [0, 0.1) is 5.92 Å². The second kappa shape index (κ2) is 7.05. The van der Waals surface area contributed by atoms with Crippen molar-refractivity contribution < 1.29 is 14.7 Å². The summed E-state index contributed by atoms with van der Waals surface area (Å²) >= 11 is 0. The van der Waals surface area contributed by atoms with E-state index in [4.69, 9.17) is 5.11 Å². The van der Waals surface area contributed by atoms with Crippen molar-refractivity contribution in [3.63, 3.8) is 0 Å². The van der Waals surface area contributed by atoms with Crippen molar-refractivity contribution in [1.82, 2.24) is 10.2 Å². The van der Waals surface area contributed by atoms with Gasteiger partial charge in [-0.3, -0.25) is 4.79 Å². The fraction of sp³-hybridized carbons (Fsp3) is 0.467. The monoisotopic (exact) mass is 278 g/mol. The predicted molar refractivity (Wildman–Crippen MR) is 78.0 cm³/mol. The SMILES string of the molecule is CC(C)C(CN(C)C)NC(=O)c1cccc(C(=O)O)c1. The van der Waals surface area contributed by atoms with Gasteiger partial charge in [0.05, 0.1) is 5.56 Å². The van der Waals surface area contributed by atoms with Crippen LogP contribution >= 0.6 is 0 Å². The number of carbonyl (C=O) groups is 2. The molecule has 0 heterocycles. The molecule has 1 atom stereocenters. The van der Waals surface area contributed by atoms with Crippen LogP contribution in [0.2, 0.25) is 0 Å². The van der Waals surface area contributed by atoms with Gasteiger partial charge in [-0.05, 0) is 38.2 Å². The van der Waals surface area contributed by atoms with E-state index in [1.54, 1.807) is 12.1 Å². The zero-order valence-corrected chi connectivity index (χ0v) is 12.4. The fourth-order valence-electron chi connectivity index (χ4n) is 1.86. The number of amides is 1. The molecule has 0 spiro atoms. The number of nitrogens with one attached hydrogen (secondary N) is 1. The summed E-state index contributed by atoms with van der Waals surface area (Å²) in [5, 5.41) is 11.9. The van der Waals surface area contributed by atoms with Crippen LogP contribution in [0.15, 0.2) is 24.3 Å². The molecule has 20 heavy (non-hydrogen) atoms. The molecule has 0 saturated heterocycles. The minimum absolute atomic E-state index is 0.0194. The zero-order chi connectivity index (χ0) is 15.3. The first-order valence-electron chi connectivity index (χ1n) is 6.60. The Morgan fingerprint density at radius 1 is 1.25 bits per heavy atom. The number of carbonyl (C=O) groups excluding carboxylic acids is 1. The highest BCUT2D eigenvalue weighted by molar-refractivity contribution is 5.97. The zero-order valence-electron chi connectivity index (χ0n) is 12.4. The van der Waals surface area contributed by atoms with E-state index in [1.165, 1.54) is 12.1 Å². The van der Waals surface area contributed by atoms with Crippen molar-refractivity contribution in [2.75, 3.05) is 20.6 Å². The molecule has 1 amide bonds. The topological polar surface area (TPSA) is 69.6 Å². The van der Waals surface area contributed by atoms with E-state index in [1.807, 2.05) is 32.8 Å². The molecule has 0 saturated carbocycles. The van der Waals surface area contributed by atoms with Crippen molar-refractivity contribution in [3.8, 4) is 0 Å². The molecule has 5 heteroatoms. The number of hydrogen-bond acceptors (Lipinski definition) is 3. The molecule has 2 N–H and O–H groups in total. The average Bonchev–Trinajstić information content (AvgIpc) is 2.37. The molecule has 0 bridgehead atoms. The van der Waals surface area contributed by atoms with Crippen LogP contribution in [0.4, 0.5) is 0 Å². The molecule has 1 aromatic rings. The standard InChI is InChI=1S/C15H22N2O3/c1-10(2)13(9-17(3)4)16-14(18)11-6-5-7-12(8-11)15(19)20/h5-8,10,13H,9H2,1-4H3,(H,16,18)(H,19,20). The maximum absolute atomic E-state index is 12.2. The molecule has 0 radical (unpaired) electrons. The quantitative estimate of drug-likeness (QED) is 0.831. The van der Waals surface area contributed by atoms with Gasteiger partial charge < -0.3 is 15.3 Å². The Labute approximate surface area is 119 Å². The first-order valence-corrected chi connectivity index (χ1v) is 6.60. The number of nitrogens with zero attached hydrogens (tertiary/aromatic N) is 1. The normalized spacial score (nSPS) is 12.5. The van der Waals surface area contributed by atoms with Crippen LogP contribution in [-0.2, 0) is 0 Å². The van der Waals surface area contributed by atoms with Gasteiger partial charge in [0, 0.05) is 18.2 Å². The molecular weight excluding hydrogens is 256 g/mol. The molecule has 1 rings (SSSR count).